The number of hydrogen-bond donors (Lipinski definition) is 0. The average Bonchev–Trinajstić information content (AvgIpc) is 2.46. The molecule has 0 aliphatic heterocycles. The highest BCUT2D eigenvalue weighted by atomic mass is 32.3. The van der Waals surface area contributed by atoms with Crippen LogP contribution in [-0.2, 0) is 36.9 Å². The summed E-state index contributed by atoms with van der Waals surface area (Å²) < 4.78 is 73.4. The molecule has 0 heterocycles. The molecule has 0 aromatic heterocycles. The summed E-state index contributed by atoms with van der Waals surface area (Å²) in [4.78, 5) is 0. The minimum absolute atomic E-state index is 0.277. The number of para-hydroxylation sites is 1. The van der Waals surface area contributed by atoms with Crippen LogP contribution in [0, 0.1) is 0 Å². The summed E-state index contributed by atoms with van der Waals surface area (Å²) in [5.74, 6) is 0.459. The monoisotopic (exact) mass is 472 g/mol. The third-order valence-corrected chi connectivity index (χ3v) is 9.10. The van der Waals surface area contributed by atoms with Crippen molar-refractivity contribution < 1.29 is 37.7 Å². The van der Waals surface area contributed by atoms with Crippen LogP contribution < -0.4 is 4.74 Å². The maximum absolute atomic E-state index is 12.1. The molecule has 13 heteroatoms. The van der Waals surface area contributed by atoms with Gasteiger partial charge in [-0.1, -0.05) is 18.2 Å². The van der Waals surface area contributed by atoms with Gasteiger partial charge in [-0.2, -0.15) is 16.8 Å². The fourth-order valence-corrected chi connectivity index (χ4v) is 7.80. The molecule has 0 amide bonds. The molecule has 1 aromatic carbocycles. The molecule has 0 spiro atoms. The van der Waals surface area contributed by atoms with Gasteiger partial charge in [0.1, 0.15) is 18.5 Å². The molecule has 162 valence electrons. The van der Waals surface area contributed by atoms with Crippen molar-refractivity contribution >= 4 is 37.4 Å². The predicted molar refractivity (Wildman–Crippen MR) is 109 cm³/mol. The minimum Gasteiger partial charge on any atom is -0.491 e. The lowest BCUT2D eigenvalue weighted by atomic mass is 10.3. The third-order valence-electron chi connectivity index (χ3n) is 2.54. The van der Waals surface area contributed by atoms with Crippen LogP contribution in [0.1, 0.15) is 0 Å². The fourth-order valence-electron chi connectivity index (χ4n) is 1.79. The predicted octanol–water partition coefficient (Wildman–Crippen LogP) is 2.66. The van der Waals surface area contributed by atoms with E-state index in [4.69, 9.17) is 20.8 Å². The molecule has 0 N–H and O–H groups in total. The first-order valence-electron chi connectivity index (χ1n) is 8.49. The van der Waals surface area contributed by atoms with Crippen molar-refractivity contribution in [2.24, 2.45) is 0 Å². The maximum atomic E-state index is 12.1. The van der Waals surface area contributed by atoms with E-state index in [-0.39, 0.29) is 6.61 Å². The summed E-state index contributed by atoms with van der Waals surface area (Å²) in [5.41, 5.74) is 0. The van der Waals surface area contributed by atoms with E-state index in [1.165, 1.54) is 0 Å². The molecule has 0 radical (unpaired) electrons. The van der Waals surface area contributed by atoms with Crippen LogP contribution in [0.15, 0.2) is 30.3 Å². The fraction of sp³-hybridized carbons (Fsp3) is 0.600. The number of ether oxygens (including phenoxy) is 1. The number of rotatable bonds is 12. The van der Waals surface area contributed by atoms with Crippen molar-refractivity contribution in [1.82, 2.24) is 0 Å². The zero-order valence-corrected chi connectivity index (χ0v) is 20.5. The number of benzene rings is 1. The molecular weight excluding hydrogens is 444 g/mol. The Morgan fingerprint density at radius 2 is 1.29 bits per heavy atom. The lowest BCUT2D eigenvalue weighted by Gasteiger charge is -2.22. The molecule has 0 aliphatic rings. The van der Waals surface area contributed by atoms with E-state index in [1.54, 1.807) is 69.6 Å². The Morgan fingerprint density at radius 3 is 1.79 bits per heavy atom. The third kappa shape index (κ3) is 11.9. The van der Waals surface area contributed by atoms with Crippen LogP contribution >= 0.6 is 0 Å². The average molecular weight is 473 g/mol. The molecule has 0 saturated carbocycles. The maximum Gasteiger partial charge on any atom is 0.390 e. The molecule has 28 heavy (non-hydrogen) atoms. The van der Waals surface area contributed by atoms with E-state index in [2.05, 4.69) is 0 Å². The second kappa shape index (κ2) is 9.80. The van der Waals surface area contributed by atoms with E-state index >= 15 is 0 Å². The lowest BCUT2D eigenvalue weighted by molar-refractivity contribution is 0.0747. The summed E-state index contributed by atoms with van der Waals surface area (Å²) in [5, 5.41) is 0. The Morgan fingerprint density at radius 1 is 0.786 bits per heavy atom. The quantitative estimate of drug-likeness (QED) is 0.423. The van der Waals surface area contributed by atoms with Crippen molar-refractivity contribution in [3.63, 3.8) is 0 Å². The largest absolute Gasteiger partial charge is 0.491 e. The van der Waals surface area contributed by atoms with Crippen molar-refractivity contribution in [1.29, 1.82) is 0 Å². The van der Waals surface area contributed by atoms with Gasteiger partial charge < -0.3 is 4.74 Å². The van der Waals surface area contributed by atoms with Gasteiger partial charge in [-0.15, -0.1) is 0 Å². The van der Waals surface area contributed by atoms with Crippen LogP contribution in [-0.4, -0.2) is 52.8 Å². The van der Waals surface area contributed by atoms with Gasteiger partial charge in [-0.3, -0.25) is 7.74 Å². The minimum atomic E-state index is -4.37. The normalized spacial score (nSPS) is 14.6. The van der Waals surface area contributed by atoms with Crippen molar-refractivity contribution in [2.75, 3.05) is 13.2 Å². The summed E-state index contributed by atoms with van der Waals surface area (Å²) in [6, 6.07) is 8.58. The highest BCUT2D eigenvalue weighted by Crippen LogP contribution is 2.16. The van der Waals surface area contributed by atoms with Crippen LogP contribution in [0.5, 0.6) is 5.75 Å². The van der Waals surface area contributed by atoms with Crippen LogP contribution in [0.3, 0.4) is 0 Å². The summed E-state index contributed by atoms with van der Waals surface area (Å²) in [6.45, 7) is 9.14. The van der Waals surface area contributed by atoms with Crippen LogP contribution in [0.25, 0.3) is 0 Å². The van der Waals surface area contributed by atoms with Crippen molar-refractivity contribution in [2.45, 2.75) is 45.4 Å². The van der Waals surface area contributed by atoms with Gasteiger partial charge in [-0.05, 0) is 51.4 Å². The second-order valence-electron chi connectivity index (χ2n) is 7.83. The molecule has 0 bridgehead atoms. The zero-order chi connectivity index (χ0) is 21.6. The SMILES string of the molecule is C[Si](C)(C)OS(=O)(=O)OCC(COc1ccccc1)OS(=O)(=O)O[Si](C)(C)C. The smallest absolute Gasteiger partial charge is 0.390 e. The van der Waals surface area contributed by atoms with E-state index in [0.29, 0.717) is 5.75 Å². The van der Waals surface area contributed by atoms with Gasteiger partial charge in [0, 0.05) is 0 Å². The molecule has 1 rings (SSSR count). The molecule has 1 aromatic rings. The standard InChI is InChI=1S/C15H28O9S2Si2/c1-27(2,3)23-25(16,17)21-13-15(12-20-14-10-8-7-9-11-14)22-26(18,19)24-28(4,5)6/h7-11,15H,12-13H2,1-6H3. The summed E-state index contributed by atoms with van der Waals surface area (Å²) >= 11 is 0. The van der Waals surface area contributed by atoms with E-state index < -0.39 is 50.1 Å². The van der Waals surface area contributed by atoms with E-state index in [1.807, 2.05) is 0 Å². The van der Waals surface area contributed by atoms with Gasteiger partial charge >= 0.3 is 20.8 Å². The van der Waals surface area contributed by atoms with Crippen LogP contribution in [0.2, 0.25) is 39.3 Å². The Bertz CT molecular complexity index is 813. The Hall–Kier alpha value is -0.806. The summed E-state index contributed by atoms with van der Waals surface area (Å²) in [6.07, 6.45) is -1.26. The highest BCUT2D eigenvalue weighted by Gasteiger charge is 2.31. The Balaban J connectivity index is 2.85. The van der Waals surface area contributed by atoms with Gasteiger partial charge in [0.2, 0.25) is 16.6 Å². The topological polar surface area (TPSA) is 114 Å². The lowest BCUT2D eigenvalue weighted by Crippen LogP contribution is -2.37. The molecule has 0 fully saturated rings. The van der Waals surface area contributed by atoms with Crippen molar-refractivity contribution in [3.8, 4) is 5.75 Å². The first-order valence-corrected chi connectivity index (χ1v) is 18.0. The van der Waals surface area contributed by atoms with Gasteiger partial charge in [0.25, 0.3) is 0 Å². The van der Waals surface area contributed by atoms with E-state index in [9.17, 15) is 16.8 Å². The highest BCUT2D eigenvalue weighted by molar-refractivity contribution is 7.83. The Kier molecular flexibility index (Phi) is 8.83. The second-order valence-corrected chi connectivity index (χ2v) is 19.7. The molecular formula is C15H28O9S2Si2. The number of hydrogen-bond acceptors (Lipinski definition) is 9. The Labute approximate surface area is 169 Å². The van der Waals surface area contributed by atoms with E-state index in [0.717, 1.165) is 0 Å². The molecule has 0 saturated heterocycles. The van der Waals surface area contributed by atoms with Gasteiger partial charge in [0.05, 0.1) is 6.61 Å². The first kappa shape index (κ1) is 25.2. The molecule has 0 aliphatic carbocycles. The zero-order valence-electron chi connectivity index (χ0n) is 16.9. The van der Waals surface area contributed by atoms with Crippen LogP contribution in [0.4, 0.5) is 0 Å². The van der Waals surface area contributed by atoms with Gasteiger partial charge in [0.15, 0.2) is 0 Å². The molecule has 1 atom stereocenters. The first-order chi connectivity index (χ1) is 12.6. The summed E-state index contributed by atoms with van der Waals surface area (Å²) in [7, 11) is -13.6. The van der Waals surface area contributed by atoms with Gasteiger partial charge in [-0.25, -0.2) is 8.37 Å². The molecule has 9 nitrogen and oxygen atoms in total. The van der Waals surface area contributed by atoms with Crippen molar-refractivity contribution in [3.05, 3.63) is 30.3 Å². The molecule has 1 unspecified atom stereocenters.